The number of aliphatic hydroxyl groups excluding tert-OH is 1. The van der Waals surface area contributed by atoms with Crippen LogP contribution < -0.4 is 0 Å². The molecule has 0 amide bonds. The lowest BCUT2D eigenvalue weighted by atomic mass is 9.92. The van der Waals surface area contributed by atoms with Crippen molar-refractivity contribution in [3.05, 3.63) is 0 Å². The number of methoxy groups -OCH3 is 1. The van der Waals surface area contributed by atoms with E-state index in [9.17, 15) is 0 Å². The zero-order chi connectivity index (χ0) is 13.2. The van der Waals surface area contributed by atoms with E-state index in [4.69, 9.17) is 7.54 Å². The molecule has 0 unspecified atom stereocenters. The molecule has 0 saturated carbocycles. The quantitative estimate of drug-likeness (QED) is 0.766. The van der Waals surface area contributed by atoms with Crippen LogP contribution in [0.1, 0.15) is 49.3 Å². The van der Waals surface area contributed by atoms with E-state index in [2.05, 4.69) is 25.9 Å². The average Bonchev–Trinajstić information content (AvgIpc) is 2.19. The summed E-state index contributed by atoms with van der Waals surface area (Å²) in [5.74, 6) is 0. The Bertz CT molecular complexity index is 141. The van der Waals surface area contributed by atoms with Crippen LogP contribution in [0.5, 0.6) is 0 Å². The van der Waals surface area contributed by atoms with Gasteiger partial charge in [0.2, 0.25) is 1.43 Å². The number of ether oxygens (including phenoxy) is 1. The highest BCUT2D eigenvalue weighted by Gasteiger charge is 2.11. The van der Waals surface area contributed by atoms with Crippen molar-refractivity contribution >= 4 is 0 Å². The van der Waals surface area contributed by atoms with E-state index in [0.29, 0.717) is 20.1 Å². The maximum atomic E-state index is 7.03. The van der Waals surface area contributed by atoms with Crippen molar-refractivity contribution in [2.75, 3.05) is 20.3 Å². The topological polar surface area (TPSA) is 29.5 Å². The van der Waals surface area contributed by atoms with Gasteiger partial charge in [0.15, 0.2) is 0 Å². The lowest BCUT2D eigenvalue weighted by Gasteiger charge is -2.17. The molecule has 0 bridgehead atoms. The van der Waals surface area contributed by atoms with Gasteiger partial charge >= 0.3 is 0 Å². The largest absolute Gasteiger partial charge is 0.396 e. The van der Waals surface area contributed by atoms with Crippen molar-refractivity contribution in [1.82, 2.24) is 0 Å². The molecule has 0 rings (SSSR count). The van der Waals surface area contributed by atoms with E-state index in [0.717, 1.165) is 6.42 Å². The Morgan fingerprint density at radius 3 is 2.07 bits per heavy atom. The first-order valence-corrected chi connectivity index (χ1v) is 5.11. The zero-order valence-electron chi connectivity index (χ0n) is 12.6. The van der Waals surface area contributed by atoms with Gasteiger partial charge in [-0.2, -0.15) is 0 Å². The summed E-state index contributed by atoms with van der Waals surface area (Å²) >= 11 is 0. The minimum atomic E-state index is 0.0365. The third-order valence-electron chi connectivity index (χ3n) is 1.88. The Hall–Kier alpha value is -0.0800. The molecule has 0 aromatic rings. The van der Waals surface area contributed by atoms with Gasteiger partial charge < -0.3 is 9.85 Å². The summed E-state index contributed by atoms with van der Waals surface area (Å²) < 4.78 is 18.4. The molecule has 0 aliphatic rings. The van der Waals surface area contributed by atoms with Gasteiger partial charge in [0.25, 0.3) is 0 Å². The summed E-state index contributed by atoms with van der Waals surface area (Å²) in [7, 11) is 1.66. The van der Waals surface area contributed by atoms with Crippen LogP contribution in [0.3, 0.4) is 0 Å². The van der Waals surface area contributed by atoms with Crippen LogP contribution in [0.25, 0.3) is 0 Å². The van der Waals surface area contributed by atoms with Gasteiger partial charge in [-0.05, 0) is 17.3 Å². The third kappa shape index (κ3) is 14.4. The first-order chi connectivity index (χ1) is 7.24. The van der Waals surface area contributed by atoms with Crippen LogP contribution in [0.15, 0.2) is 0 Å². The van der Waals surface area contributed by atoms with E-state index < -0.39 is 0 Å². The normalized spacial score (nSPS) is 13.9. The summed E-state index contributed by atoms with van der Waals surface area (Å²) in [6.45, 7) is 11.9. The monoisotopic (exact) mass is 206 g/mol. The molecule has 0 spiro atoms. The van der Waals surface area contributed by atoms with E-state index in [1.807, 2.05) is 13.8 Å². The summed E-state index contributed by atoms with van der Waals surface area (Å²) in [4.78, 5) is 0. The van der Waals surface area contributed by atoms with Crippen molar-refractivity contribution < 1.29 is 11.2 Å². The minimum Gasteiger partial charge on any atom is -0.396 e. The molecule has 0 aromatic carbocycles. The Kier molecular flexibility index (Phi) is 6.20. The maximum Gasteiger partial charge on any atom is 0.210 e. The summed E-state index contributed by atoms with van der Waals surface area (Å²) in [5.41, 5.74) is 0.219. The number of aliphatic hydroxyl groups is 1. The fourth-order valence-electron chi connectivity index (χ4n) is 0.493. The summed E-state index contributed by atoms with van der Waals surface area (Å²) in [6, 6.07) is 0. The fourth-order valence-corrected chi connectivity index (χ4v) is 0.493. The first-order valence-electron chi connectivity index (χ1n) is 6.22. The second-order valence-corrected chi connectivity index (χ2v) is 5.26. The summed E-state index contributed by atoms with van der Waals surface area (Å²) in [6.07, 6.45) is 1.06. The molecule has 1 N–H and O–H groups in total. The average molecular weight is 206 g/mol. The van der Waals surface area contributed by atoms with Gasteiger partial charge in [0.1, 0.15) is 0 Å². The van der Waals surface area contributed by atoms with Crippen molar-refractivity contribution in [1.29, 1.82) is 1.43 Å². The van der Waals surface area contributed by atoms with Crippen LogP contribution in [0, 0.1) is 10.8 Å². The minimum absolute atomic E-state index is 0.0365. The van der Waals surface area contributed by atoms with Crippen molar-refractivity contribution in [2.45, 2.75) is 47.9 Å². The molecule has 0 heterocycles. The standard InChI is InChI=1S/2C6H14O/c1-6(2,3)5-7-4;1-4-6(2,3)5-7/h5H2,1-4H3;7H,4-5H2,1-3H3/i1D;7D. The van der Waals surface area contributed by atoms with Crippen LogP contribution in [-0.4, -0.2) is 26.9 Å². The molecular formula is C12H28O2. The van der Waals surface area contributed by atoms with Gasteiger partial charge in [0, 0.05) is 15.1 Å². The van der Waals surface area contributed by atoms with Crippen LogP contribution in [-0.2, 0) is 4.74 Å². The molecule has 88 valence electrons. The molecule has 0 fully saturated rings. The van der Waals surface area contributed by atoms with Gasteiger partial charge in [0.05, 0.1) is 6.61 Å². The molecule has 0 saturated heterocycles. The van der Waals surface area contributed by atoms with E-state index in [1.54, 1.807) is 7.11 Å². The Labute approximate surface area is 92.6 Å². The van der Waals surface area contributed by atoms with Gasteiger partial charge in [-0.15, -0.1) is 0 Å². The molecule has 0 aliphatic carbocycles. The van der Waals surface area contributed by atoms with Crippen molar-refractivity contribution in [2.24, 2.45) is 10.8 Å². The van der Waals surface area contributed by atoms with Crippen molar-refractivity contribution in [3.63, 3.8) is 0 Å². The Balaban J connectivity index is 0. The highest BCUT2D eigenvalue weighted by atomic mass is 16.5. The van der Waals surface area contributed by atoms with E-state index in [1.165, 1.54) is 0 Å². The maximum absolute atomic E-state index is 7.03. The second kappa shape index (κ2) is 7.24. The predicted molar refractivity (Wildman–Crippen MR) is 62.5 cm³/mol. The molecule has 0 aliphatic heterocycles. The highest BCUT2D eigenvalue weighted by molar-refractivity contribution is 4.62. The van der Waals surface area contributed by atoms with Crippen LogP contribution in [0.2, 0.25) is 0 Å². The lowest BCUT2D eigenvalue weighted by Crippen LogP contribution is -2.14. The molecule has 2 nitrogen and oxygen atoms in total. The smallest absolute Gasteiger partial charge is 0.210 e. The van der Waals surface area contributed by atoms with Crippen LogP contribution >= 0.6 is 0 Å². The fraction of sp³-hybridized carbons (Fsp3) is 1.00. The third-order valence-corrected chi connectivity index (χ3v) is 1.88. The highest BCUT2D eigenvalue weighted by Crippen LogP contribution is 2.16. The Morgan fingerprint density at radius 1 is 1.36 bits per heavy atom. The van der Waals surface area contributed by atoms with Crippen molar-refractivity contribution in [3.8, 4) is 0 Å². The summed E-state index contributed by atoms with van der Waals surface area (Å²) in [5, 5.41) is 4.25. The first kappa shape index (κ1) is 12.0. The number of hydrogen-bond acceptors (Lipinski definition) is 2. The zero-order valence-corrected chi connectivity index (χ0v) is 10.6. The number of rotatable bonds is 4. The SMILES string of the molecule is [2H]CC(C)(C)COC.[2H]OCC(C)(C)CC. The Morgan fingerprint density at radius 2 is 1.93 bits per heavy atom. The molecular weight excluding hydrogens is 176 g/mol. The number of hydrogen-bond donors (Lipinski definition) is 1. The molecule has 2 heteroatoms. The molecule has 0 aromatic heterocycles. The second-order valence-electron chi connectivity index (χ2n) is 5.26. The molecule has 0 radical (unpaired) electrons. The van der Waals surface area contributed by atoms with E-state index in [-0.39, 0.29) is 10.8 Å². The molecule has 0 atom stereocenters. The van der Waals surface area contributed by atoms with Gasteiger partial charge in [-0.1, -0.05) is 41.5 Å². The van der Waals surface area contributed by atoms with Gasteiger partial charge in [-0.25, -0.2) is 0 Å². The van der Waals surface area contributed by atoms with Crippen LogP contribution in [0.4, 0.5) is 0 Å². The van der Waals surface area contributed by atoms with E-state index >= 15 is 0 Å². The van der Waals surface area contributed by atoms with Gasteiger partial charge in [-0.3, -0.25) is 0 Å². The molecule has 14 heavy (non-hydrogen) atoms. The lowest BCUT2D eigenvalue weighted by molar-refractivity contribution is 0.116. The predicted octanol–water partition coefficient (Wildman–Crippen LogP) is 3.09.